The van der Waals surface area contributed by atoms with Gasteiger partial charge in [-0.15, -0.1) is 11.8 Å². The molecule has 0 spiro atoms. The molecule has 0 radical (unpaired) electrons. The van der Waals surface area contributed by atoms with Gasteiger partial charge in [0, 0.05) is 19.4 Å². The van der Waals surface area contributed by atoms with Gasteiger partial charge < -0.3 is 5.11 Å². The van der Waals surface area contributed by atoms with Crippen molar-refractivity contribution in [3.8, 4) is 11.8 Å². The second kappa shape index (κ2) is 14.6. The molecule has 1 nitrogen and oxygen atoms in total. The molecule has 0 bridgehead atoms. The summed E-state index contributed by atoms with van der Waals surface area (Å²) in [7, 11) is 0. The molecule has 0 saturated carbocycles. The number of aliphatic hydroxyl groups is 1. The molecule has 18 heavy (non-hydrogen) atoms. The Morgan fingerprint density at radius 2 is 1.56 bits per heavy atom. The molecular formula is C17H32O. The first-order valence-corrected chi connectivity index (χ1v) is 7.87. The predicted molar refractivity (Wildman–Crippen MR) is 80.5 cm³/mol. The van der Waals surface area contributed by atoms with Crippen LogP contribution in [0.15, 0.2) is 0 Å². The van der Waals surface area contributed by atoms with Gasteiger partial charge in [0.15, 0.2) is 0 Å². The van der Waals surface area contributed by atoms with E-state index in [-0.39, 0.29) is 0 Å². The molecule has 0 heterocycles. The average molecular weight is 252 g/mol. The van der Waals surface area contributed by atoms with Crippen LogP contribution in [-0.2, 0) is 0 Å². The van der Waals surface area contributed by atoms with Gasteiger partial charge in [-0.05, 0) is 25.2 Å². The molecule has 0 aromatic rings. The molecule has 0 rings (SSSR count). The van der Waals surface area contributed by atoms with Crippen LogP contribution in [0.3, 0.4) is 0 Å². The van der Waals surface area contributed by atoms with Crippen molar-refractivity contribution in [1.29, 1.82) is 0 Å². The second-order valence-corrected chi connectivity index (χ2v) is 5.38. The summed E-state index contributed by atoms with van der Waals surface area (Å²) in [5.41, 5.74) is 0. The third-order valence-electron chi connectivity index (χ3n) is 3.40. The molecule has 1 heteroatoms. The fourth-order valence-corrected chi connectivity index (χ4v) is 2.06. The molecule has 0 saturated heterocycles. The van der Waals surface area contributed by atoms with E-state index < -0.39 is 0 Å². The molecule has 0 amide bonds. The molecule has 1 atom stereocenters. The van der Waals surface area contributed by atoms with Crippen LogP contribution < -0.4 is 0 Å². The van der Waals surface area contributed by atoms with E-state index in [4.69, 9.17) is 5.11 Å². The number of rotatable bonds is 11. The smallest absolute Gasteiger partial charge is 0.0431 e. The summed E-state index contributed by atoms with van der Waals surface area (Å²) in [6.07, 6.45) is 13.4. The van der Waals surface area contributed by atoms with Gasteiger partial charge in [-0.1, -0.05) is 52.4 Å². The average Bonchev–Trinajstić information content (AvgIpc) is 2.37. The van der Waals surface area contributed by atoms with Crippen molar-refractivity contribution in [1.82, 2.24) is 0 Å². The summed E-state index contributed by atoms with van der Waals surface area (Å²) in [6.45, 7) is 4.88. The van der Waals surface area contributed by atoms with Crippen LogP contribution in [0, 0.1) is 17.8 Å². The molecule has 0 aliphatic carbocycles. The Kier molecular flexibility index (Phi) is 14.2. The van der Waals surface area contributed by atoms with Gasteiger partial charge in [0.2, 0.25) is 0 Å². The lowest BCUT2D eigenvalue weighted by atomic mass is 9.99. The molecular weight excluding hydrogens is 220 g/mol. The lowest BCUT2D eigenvalue weighted by Crippen LogP contribution is -1.95. The van der Waals surface area contributed by atoms with E-state index in [0.717, 1.165) is 31.6 Å². The maximum atomic E-state index is 8.71. The standard InChI is InChI=1S/C17H32O/c1-3-4-5-6-7-8-9-10-11-14-17(2)15-12-13-16-18/h17-18H,3-8,11-16H2,1-2H3. The zero-order chi connectivity index (χ0) is 13.5. The fourth-order valence-electron chi connectivity index (χ4n) is 2.06. The summed E-state index contributed by atoms with van der Waals surface area (Å²) in [5.74, 6) is 7.35. The molecule has 0 aromatic carbocycles. The minimum atomic E-state index is 0.338. The van der Waals surface area contributed by atoms with E-state index in [1.807, 2.05) is 0 Å². The molecule has 0 aliphatic heterocycles. The summed E-state index contributed by atoms with van der Waals surface area (Å²) < 4.78 is 0. The van der Waals surface area contributed by atoms with Crippen molar-refractivity contribution < 1.29 is 5.11 Å². The van der Waals surface area contributed by atoms with Gasteiger partial charge >= 0.3 is 0 Å². The monoisotopic (exact) mass is 252 g/mol. The SMILES string of the molecule is CCCCCCCC#CCCC(C)CCCCO. The minimum absolute atomic E-state index is 0.338. The lowest BCUT2D eigenvalue weighted by Gasteiger charge is -2.07. The van der Waals surface area contributed by atoms with E-state index >= 15 is 0 Å². The van der Waals surface area contributed by atoms with Crippen molar-refractivity contribution in [2.75, 3.05) is 6.61 Å². The van der Waals surface area contributed by atoms with Gasteiger partial charge in [-0.3, -0.25) is 0 Å². The quantitative estimate of drug-likeness (QED) is 0.408. The molecule has 1 N–H and O–H groups in total. The molecule has 106 valence electrons. The molecule has 0 fully saturated rings. The van der Waals surface area contributed by atoms with Gasteiger partial charge in [0.25, 0.3) is 0 Å². The second-order valence-electron chi connectivity index (χ2n) is 5.38. The Morgan fingerprint density at radius 3 is 2.28 bits per heavy atom. The molecule has 0 aliphatic rings. The van der Waals surface area contributed by atoms with Crippen molar-refractivity contribution in [2.45, 2.75) is 84.5 Å². The maximum Gasteiger partial charge on any atom is 0.0431 e. The Balaban J connectivity index is 3.26. The van der Waals surface area contributed by atoms with Gasteiger partial charge in [-0.25, -0.2) is 0 Å². The van der Waals surface area contributed by atoms with E-state index in [1.165, 1.54) is 44.9 Å². The Bertz CT molecular complexity index is 211. The van der Waals surface area contributed by atoms with E-state index in [0.29, 0.717) is 6.61 Å². The Morgan fingerprint density at radius 1 is 0.833 bits per heavy atom. The van der Waals surface area contributed by atoms with Crippen LogP contribution in [0.2, 0.25) is 0 Å². The van der Waals surface area contributed by atoms with Crippen LogP contribution in [0.4, 0.5) is 0 Å². The third kappa shape index (κ3) is 13.6. The van der Waals surface area contributed by atoms with Crippen molar-refractivity contribution >= 4 is 0 Å². The lowest BCUT2D eigenvalue weighted by molar-refractivity contribution is 0.278. The number of aliphatic hydroxyl groups excluding tert-OH is 1. The number of unbranched alkanes of at least 4 members (excludes halogenated alkanes) is 6. The highest BCUT2D eigenvalue weighted by molar-refractivity contribution is 4.98. The molecule has 0 aromatic heterocycles. The van der Waals surface area contributed by atoms with Crippen LogP contribution in [0.25, 0.3) is 0 Å². The van der Waals surface area contributed by atoms with Gasteiger partial charge in [0.1, 0.15) is 0 Å². The highest BCUT2D eigenvalue weighted by atomic mass is 16.2. The van der Waals surface area contributed by atoms with Crippen LogP contribution in [0.1, 0.15) is 84.5 Å². The first kappa shape index (κ1) is 17.5. The zero-order valence-electron chi connectivity index (χ0n) is 12.5. The first-order valence-electron chi connectivity index (χ1n) is 7.87. The van der Waals surface area contributed by atoms with Gasteiger partial charge in [0.05, 0.1) is 0 Å². The Labute approximate surface area is 114 Å². The van der Waals surface area contributed by atoms with Crippen molar-refractivity contribution in [3.05, 3.63) is 0 Å². The largest absolute Gasteiger partial charge is 0.396 e. The van der Waals surface area contributed by atoms with Gasteiger partial charge in [-0.2, -0.15) is 0 Å². The van der Waals surface area contributed by atoms with E-state index in [1.54, 1.807) is 0 Å². The number of hydrogen-bond donors (Lipinski definition) is 1. The highest BCUT2D eigenvalue weighted by Gasteiger charge is 1.99. The predicted octanol–water partition coefficient (Wildman–Crippen LogP) is 4.93. The van der Waals surface area contributed by atoms with E-state index in [2.05, 4.69) is 25.7 Å². The van der Waals surface area contributed by atoms with Crippen LogP contribution in [-0.4, -0.2) is 11.7 Å². The highest BCUT2D eigenvalue weighted by Crippen LogP contribution is 2.13. The minimum Gasteiger partial charge on any atom is -0.396 e. The summed E-state index contributed by atoms with van der Waals surface area (Å²) in [5, 5.41) is 8.71. The maximum absolute atomic E-state index is 8.71. The van der Waals surface area contributed by atoms with Crippen molar-refractivity contribution in [2.24, 2.45) is 5.92 Å². The van der Waals surface area contributed by atoms with Crippen molar-refractivity contribution in [3.63, 3.8) is 0 Å². The van der Waals surface area contributed by atoms with Crippen LogP contribution >= 0.6 is 0 Å². The topological polar surface area (TPSA) is 20.2 Å². The first-order chi connectivity index (χ1) is 8.81. The van der Waals surface area contributed by atoms with Crippen LogP contribution in [0.5, 0.6) is 0 Å². The zero-order valence-corrected chi connectivity index (χ0v) is 12.5. The fraction of sp³-hybridized carbons (Fsp3) is 0.882. The third-order valence-corrected chi connectivity index (χ3v) is 3.40. The Hall–Kier alpha value is -0.480. The van der Waals surface area contributed by atoms with E-state index in [9.17, 15) is 0 Å². The summed E-state index contributed by atoms with van der Waals surface area (Å²) in [4.78, 5) is 0. The summed E-state index contributed by atoms with van der Waals surface area (Å²) in [6, 6.07) is 0. The summed E-state index contributed by atoms with van der Waals surface area (Å²) >= 11 is 0. The molecule has 1 unspecified atom stereocenters. The number of hydrogen-bond acceptors (Lipinski definition) is 1. The normalized spacial score (nSPS) is 11.9.